The maximum absolute atomic E-state index is 13.0. The van der Waals surface area contributed by atoms with Crippen molar-refractivity contribution in [3.05, 3.63) is 0 Å². The van der Waals surface area contributed by atoms with Gasteiger partial charge in [-0.3, -0.25) is 4.79 Å². The summed E-state index contributed by atoms with van der Waals surface area (Å²) in [6.45, 7) is 9.21. The molecule has 2 heterocycles. The Hall–Kier alpha value is -1.34. The van der Waals surface area contributed by atoms with Crippen molar-refractivity contribution in [2.45, 2.75) is 109 Å². The van der Waals surface area contributed by atoms with Crippen molar-refractivity contribution in [2.24, 2.45) is 22.9 Å². The molecule has 0 radical (unpaired) electrons. The maximum atomic E-state index is 13.0. The van der Waals surface area contributed by atoms with E-state index in [1.807, 2.05) is 6.92 Å². The zero-order valence-electron chi connectivity index (χ0n) is 23.8. The van der Waals surface area contributed by atoms with Crippen molar-refractivity contribution in [1.82, 2.24) is 0 Å². The van der Waals surface area contributed by atoms with Crippen LogP contribution in [0.4, 0.5) is 0 Å². The fourth-order valence-corrected chi connectivity index (χ4v) is 4.91. The lowest BCUT2D eigenvalue weighted by atomic mass is 9.84. The Labute approximate surface area is 226 Å². The molecule has 2 rings (SSSR count). The molecular formula is C27H49NO10. The van der Waals surface area contributed by atoms with Crippen molar-refractivity contribution in [3.8, 4) is 0 Å². The summed E-state index contributed by atoms with van der Waals surface area (Å²) in [5, 5.41) is 36.9. The predicted octanol–water partition coefficient (Wildman–Crippen LogP) is 2.39. The highest BCUT2D eigenvalue weighted by molar-refractivity contribution is 5.86. The Morgan fingerprint density at radius 1 is 1.05 bits per heavy atom. The Bertz CT molecular complexity index is 723. The van der Waals surface area contributed by atoms with Gasteiger partial charge in [0.05, 0.1) is 49.3 Å². The number of hydrogen-bond acceptors (Lipinski definition) is 11. The number of carbonyl (C=O) groups is 1. The monoisotopic (exact) mass is 547 g/mol. The highest BCUT2D eigenvalue weighted by atomic mass is 16.7. The van der Waals surface area contributed by atoms with Crippen molar-refractivity contribution < 1.29 is 48.6 Å². The van der Waals surface area contributed by atoms with Crippen LogP contribution in [-0.2, 0) is 33.3 Å². The van der Waals surface area contributed by atoms with Crippen molar-refractivity contribution >= 4 is 11.7 Å². The van der Waals surface area contributed by atoms with Gasteiger partial charge >= 0.3 is 5.97 Å². The molecule has 0 spiro atoms. The van der Waals surface area contributed by atoms with E-state index in [-0.39, 0.29) is 12.9 Å². The Morgan fingerprint density at radius 3 is 2.47 bits per heavy atom. The molecule has 11 nitrogen and oxygen atoms in total. The van der Waals surface area contributed by atoms with Gasteiger partial charge in [-0.2, -0.15) is 0 Å². The highest BCUT2D eigenvalue weighted by Crippen LogP contribution is 2.30. The fourth-order valence-electron chi connectivity index (χ4n) is 4.91. The van der Waals surface area contributed by atoms with Gasteiger partial charge in [0.15, 0.2) is 6.29 Å². The van der Waals surface area contributed by atoms with Gasteiger partial charge in [0.2, 0.25) is 6.79 Å². The number of esters is 1. The molecule has 0 aromatic heterocycles. The van der Waals surface area contributed by atoms with Gasteiger partial charge in [0, 0.05) is 19.4 Å². The molecule has 3 N–H and O–H groups in total. The van der Waals surface area contributed by atoms with Crippen LogP contribution in [0.5, 0.6) is 0 Å². The Morgan fingerprint density at radius 2 is 1.79 bits per heavy atom. The number of ether oxygens (including phenoxy) is 5. The second-order valence-electron chi connectivity index (χ2n) is 11.1. The van der Waals surface area contributed by atoms with Crippen molar-refractivity contribution in [3.63, 3.8) is 0 Å². The first-order chi connectivity index (χ1) is 17.9. The zero-order valence-corrected chi connectivity index (χ0v) is 23.8. The average molecular weight is 548 g/mol. The normalized spacial score (nSPS) is 39.4. The number of rotatable bonds is 8. The minimum atomic E-state index is -1.75. The zero-order chi connectivity index (χ0) is 28.3. The molecular weight excluding hydrogens is 498 g/mol. The average Bonchev–Trinajstić information content (AvgIpc) is 2.86. The summed E-state index contributed by atoms with van der Waals surface area (Å²) in [4.78, 5) is 18.2. The van der Waals surface area contributed by atoms with Crippen LogP contribution in [0, 0.1) is 17.8 Å². The third kappa shape index (κ3) is 10.7. The first-order valence-electron chi connectivity index (χ1n) is 13.8. The SMILES string of the molecule is COCCOCO/N=C1\CCC(O)CC[C@H](O[C@H]2CC(C)CC(C)O2)C(C)C(=O)OC[C@@](C)(O)C(O)C1C. The number of carbonyl (C=O) groups excluding carboxylic acids is 1. The lowest BCUT2D eigenvalue weighted by molar-refractivity contribution is -0.231. The highest BCUT2D eigenvalue weighted by Gasteiger charge is 2.40. The smallest absolute Gasteiger partial charge is 0.311 e. The van der Waals surface area contributed by atoms with E-state index in [4.69, 9.17) is 28.5 Å². The van der Waals surface area contributed by atoms with Crippen LogP contribution >= 0.6 is 0 Å². The summed E-state index contributed by atoms with van der Waals surface area (Å²) in [6.07, 6.45) is 0.212. The predicted molar refractivity (Wildman–Crippen MR) is 139 cm³/mol. The molecule has 38 heavy (non-hydrogen) atoms. The van der Waals surface area contributed by atoms with E-state index in [9.17, 15) is 20.1 Å². The molecule has 0 amide bonds. The van der Waals surface area contributed by atoms with Crippen LogP contribution in [0.15, 0.2) is 5.16 Å². The molecule has 0 aromatic carbocycles. The first kappa shape index (κ1) is 32.9. The molecule has 0 saturated carbocycles. The van der Waals surface area contributed by atoms with Crippen molar-refractivity contribution in [2.75, 3.05) is 33.7 Å². The van der Waals surface area contributed by atoms with Gasteiger partial charge in [0.25, 0.3) is 0 Å². The number of hydrogen-bond donors (Lipinski definition) is 3. The van der Waals surface area contributed by atoms with Gasteiger partial charge in [-0.25, -0.2) is 0 Å². The van der Waals surface area contributed by atoms with E-state index >= 15 is 0 Å². The summed E-state index contributed by atoms with van der Waals surface area (Å²) < 4.78 is 27.9. The first-order valence-corrected chi connectivity index (χ1v) is 13.8. The second kappa shape index (κ2) is 16.1. The minimum Gasteiger partial charge on any atom is -0.462 e. The minimum absolute atomic E-state index is 0.0546. The number of aliphatic hydroxyl groups excluding tert-OH is 2. The third-order valence-electron chi connectivity index (χ3n) is 7.38. The van der Waals surface area contributed by atoms with E-state index in [2.05, 4.69) is 12.1 Å². The Balaban J connectivity index is 2.16. The third-order valence-corrected chi connectivity index (χ3v) is 7.38. The van der Waals surface area contributed by atoms with Crippen LogP contribution in [0.25, 0.3) is 0 Å². The number of oxime groups is 1. The summed E-state index contributed by atoms with van der Waals surface area (Å²) in [5.41, 5.74) is -1.30. The quantitative estimate of drug-likeness (QED) is 0.179. The van der Waals surface area contributed by atoms with Crippen molar-refractivity contribution in [1.29, 1.82) is 0 Å². The number of methoxy groups -OCH3 is 1. The van der Waals surface area contributed by atoms with Crippen LogP contribution in [-0.4, -0.2) is 97.0 Å². The number of aliphatic hydroxyl groups is 3. The molecule has 222 valence electrons. The molecule has 2 saturated heterocycles. The van der Waals surface area contributed by atoms with E-state index in [1.165, 1.54) is 6.92 Å². The Kier molecular flexibility index (Phi) is 13.9. The second-order valence-corrected chi connectivity index (χ2v) is 11.1. The molecule has 0 aromatic rings. The standard InChI is InChI=1S/C27H49NO10/c1-17-13-18(2)37-24(14-17)38-23-10-8-21(29)7-9-22(28-36-16-34-12-11-33-6)19(3)25(30)27(5,32)15-35-26(31)20(23)4/h17-21,23-25,29-30,32H,7-16H2,1-6H3/b28-22+/t17?,18?,19?,20?,21?,23-,24-,25?,27+/m0/s1. The summed E-state index contributed by atoms with van der Waals surface area (Å²) in [5.74, 6) is -1.42. The summed E-state index contributed by atoms with van der Waals surface area (Å²) in [6, 6.07) is 0. The molecule has 6 unspecified atom stereocenters. The van der Waals surface area contributed by atoms with E-state index in [1.54, 1.807) is 21.0 Å². The van der Waals surface area contributed by atoms with Gasteiger partial charge in [0.1, 0.15) is 12.2 Å². The number of cyclic esters (lactones) is 1. The van der Waals surface area contributed by atoms with E-state index in [0.29, 0.717) is 50.5 Å². The van der Waals surface area contributed by atoms with Crippen LogP contribution < -0.4 is 0 Å². The molecule has 9 atom stereocenters. The summed E-state index contributed by atoms with van der Waals surface area (Å²) in [7, 11) is 1.57. The number of nitrogens with zero attached hydrogens (tertiary/aromatic N) is 1. The lowest BCUT2D eigenvalue weighted by Crippen LogP contribution is -2.50. The van der Waals surface area contributed by atoms with E-state index < -0.39 is 54.6 Å². The van der Waals surface area contributed by atoms with E-state index in [0.717, 1.165) is 12.8 Å². The van der Waals surface area contributed by atoms with Crippen LogP contribution in [0.2, 0.25) is 0 Å². The van der Waals surface area contributed by atoms with Gasteiger partial charge < -0.3 is 43.8 Å². The lowest BCUT2D eigenvalue weighted by Gasteiger charge is -2.36. The van der Waals surface area contributed by atoms with Crippen LogP contribution in [0.1, 0.15) is 73.1 Å². The van der Waals surface area contributed by atoms with Gasteiger partial charge in [-0.05, 0) is 58.8 Å². The summed E-state index contributed by atoms with van der Waals surface area (Å²) >= 11 is 0. The molecule has 0 bridgehead atoms. The van der Waals surface area contributed by atoms with Gasteiger partial charge in [-0.15, -0.1) is 0 Å². The van der Waals surface area contributed by atoms with Gasteiger partial charge in [-0.1, -0.05) is 19.0 Å². The molecule has 0 aliphatic carbocycles. The topological polar surface area (TPSA) is 146 Å². The maximum Gasteiger partial charge on any atom is 0.311 e. The molecule has 2 aliphatic rings. The molecule has 11 heteroatoms. The molecule has 2 aliphatic heterocycles. The molecule has 2 fully saturated rings. The fraction of sp³-hybridized carbons (Fsp3) is 0.926. The largest absolute Gasteiger partial charge is 0.462 e. The van der Waals surface area contributed by atoms with Crippen LogP contribution in [0.3, 0.4) is 0 Å².